The number of hydrogen-bond donors (Lipinski definition) is 2. The highest BCUT2D eigenvalue weighted by atomic mass is 19.3. The van der Waals surface area contributed by atoms with Crippen molar-refractivity contribution in [3.63, 3.8) is 0 Å². The molecule has 20 heavy (non-hydrogen) atoms. The highest BCUT2D eigenvalue weighted by Gasteiger charge is 2.13. The number of alkyl halides is 2. The Morgan fingerprint density at radius 3 is 2.65 bits per heavy atom. The number of aromatic nitrogens is 2. The number of rotatable bonds is 4. The number of nitrogen functional groups attached to an aromatic ring is 1. The van der Waals surface area contributed by atoms with E-state index in [1.807, 2.05) is 13.8 Å². The summed E-state index contributed by atoms with van der Waals surface area (Å²) in [5.74, 6) is 6.37. The third kappa shape index (κ3) is 2.75. The van der Waals surface area contributed by atoms with Crippen LogP contribution in [0.2, 0.25) is 0 Å². The van der Waals surface area contributed by atoms with Crippen molar-refractivity contribution in [2.45, 2.75) is 26.7 Å². The van der Waals surface area contributed by atoms with E-state index in [4.69, 9.17) is 5.84 Å². The van der Waals surface area contributed by atoms with Crippen LogP contribution in [0.3, 0.4) is 0 Å². The number of aryl methyl sites for hydroxylation is 1. The lowest BCUT2D eigenvalue weighted by molar-refractivity contribution is 0.151. The fourth-order valence-electron chi connectivity index (χ4n) is 2.08. The minimum Gasteiger partial charge on any atom is -0.308 e. The van der Waals surface area contributed by atoms with Gasteiger partial charge in [-0.25, -0.2) is 24.6 Å². The molecule has 6 heteroatoms. The van der Waals surface area contributed by atoms with Gasteiger partial charge in [0.05, 0.1) is 0 Å². The van der Waals surface area contributed by atoms with Crippen LogP contribution in [0.1, 0.15) is 30.2 Å². The van der Waals surface area contributed by atoms with E-state index in [0.717, 1.165) is 17.7 Å². The molecular weight excluding hydrogens is 262 g/mol. The van der Waals surface area contributed by atoms with Gasteiger partial charge >= 0.3 is 0 Å². The van der Waals surface area contributed by atoms with Gasteiger partial charge in [-0.3, -0.25) is 0 Å². The molecule has 1 heterocycles. The van der Waals surface area contributed by atoms with Crippen molar-refractivity contribution in [3.8, 4) is 11.4 Å². The Hall–Kier alpha value is -2.08. The normalized spacial score (nSPS) is 10.9. The Balaban J connectivity index is 2.53. The number of hydrogen-bond acceptors (Lipinski definition) is 4. The van der Waals surface area contributed by atoms with Gasteiger partial charge in [-0.05, 0) is 19.4 Å². The van der Waals surface area contributed by atoms with E-state index in [2.05, 4.69) is 15.4 Å². The standard InChI is InChI=1S/C14H16F2N4/c1-3-11-8(2)18-13(19-14(11)20-17)10-6-4-5-9(7-10)12(15)16/h4-7,12H,3,17H2,1-2H3,(H,18,19,20). The van der Waals surface area contributed by atoms with Crippen LogP contribution in [0.4, 0.5) is 14.6 Å². The first-order valence-electron chi connectivity index (χ1n) is 6.29. The molecule has 0 amide bonds. The molecular formula is C14H16F2N4. The molecule has 0 aliphatic heterocycles. The summed E-state index contributed by atoms with van der Waals surface area (Å²) in [6.45, 7) is 3.82. The molecule has 0 bridgehead atoms. The summed E-state index contributed by atoms with van der Waals surface area (Å²) >= 11 is 0. The zero-order chi connectivity index (χ0) is 14.7. The lowest BCUT2D eigenvalue weighted by atomic mass is 10.1. The smallest absolute Gasteiger partial charge is 0.263 e. The number of halogens is 2. The molecule has 0 aliphatic rings. The first-order valence-corrected chi connectivity index (χ1v) is 6.29. The monoisotopic (exact) mass is 278 g/mol. The van der Waals surface area contributed by atoms with Crippen molar-refractivity contribution in [2.24, 2.45) is 5.84 Å². The molecule has 1 aromatic heterocycles. The summed E-state index contributed by atoms with van der Waals surface area (Å²) in [5, 5.41) is 0. The molecule has 0 saturated heterocycles. The van der Waals surface area contributed by atoms with Crippen molar-refractivity contribution in [2.75, 3.05) is 5.43 Å². The van der Waals surface area contributed by atoms with E-state index in [1.165, 1.54) is 12.1 Å². The van der Waals surface area contributed by atoms with Crippen molar-refractivity contribution in [1.82, 2.24) is 9.97 Å². The fraction of sp³-hybridized carbons (Fsp3) is 0.286. The predicted octanol–water partition coefficient (Wildman–Crippen LogP) is 3.24. The minimum atomic E-state index is -2.52. The zero-order valence-electron chi connectivity index (χ0n) is 11.3. The summed E-state index contributed by atoms with van der Waals surface area (Å²) in [7, 11) is 0. The van der Waals surface area contributed by atoms with Gasteiger partial charge in [0, 0.05) is 22.4 Å². The second-order valence-electron chi connectivity index (χ2n) is 4.38. The van der Waals surface area contributed by atoms with E-state index in [9.17, 15) is 8.78 Å². The highest BCUT2D eigenvalue weighted by Crippen LogP contribution is 2.26. The van der Waals surface area contributed by atoms with Crippen molar-refractivity contribution >= 4 is 5.82 Å². The van der Waals surface area contributed by atoms with Crippen LogP contribution in [-0.4, -0.2) is 9.97 Å². The van der Waals surface area contributed by atoms with Crippen LogP contribution in [0.5, 0.6) is 0 Å². The third-order valence-electron chi connectivity index (χ3n) is 3.10. The summed E-state index contributed by atoms with van der Waals surface area (Å²) in [6.07, 6.45) is -1.78. The van der Waals surface area contributed by atoms with Crippen molar-refractivity contribution in [1.29, 1.82) is 0 Å². The van der Waals surface area contributed by atoms with E-state index < -0.39 is 6.43 Å². The van der Waals surface area contributed by atoms with Crippen LogP contribution < -0.4 is 11.3 Å². The molecule has 0 aliphatic carbocycles. The Morgan fingerprint density at radius 2 is 2.05 bits per heavy atom. The zero-order valence-corrected chi connectivity index (χ0v) is 11.3. The second kappa shape index (κ2) is 5.92. The summed E-state index contributed by atoms with van der Waals surface area (Å²) in [4.78, 5) is 8.67. The van der Waals surface area contributed by atoms with Gasteiger partial charge in [0.2, 0.25) is 0 Å². The molecule has 1 aromatic carbocycles. The molecule has 3 N–H and O–H groups in total. The Morgan fingerprint density at radius 1 is 1.30 bits per heavy atom. The average molecular weight is 278 g/mol. The number of nitrogens with zero attached hydrogens (tertiary/aromatic N) is 2. The van der Waals surface area contributed by atoms with Crippen LogP contribution in [0.25, 0.3) is 11.4 Å². The maximum atomic E-state index is 12.7. The maximum Gasteiger partial charge on any atom is 0.263 e. The minimum absolute atomic E-state index is 0.0504. The van der Waals surface area contributed by atoms with Crippen LogP contribution in [0, 0.1) is 6.92 Å². The third-order valence-corrected chi connectivity index (χ3v) is 3.10. The van der Waals surface area contributed by atoms with Crippen LogP contribution >= 0.6 is 0 Å². The number of hydrazine groups is 1. The molecule has 0 radical (unpaired) electrons. The molecule has 0 fully saturated rings. The van der Waals surface area contributed by atoms with Crippen molar-refractivity contribution < 1.29 is 8.78 Å². The maximum absolute atomic E-state index is 12.7. The fourth-order valence-corrected chi connectivity index (χ4v) is 2.08. The van der Waals surface area contributed by atoms with Crippen molar-refractivity contribution in [3.05, 3.63) is 41.1 Å². The molecule has 4 nitrogen and oxygen atoms in total. The molecule has 0 atom stereocenters. The van der Waals surface area contributed by atoms with E-state index >= 15 is 0 Å². The van der Waals surface area contributed by atoms with Gasteiger partial charge in [-0.15, -0.1) is 0 Å². The molecule has 106 valence electrons. The SMILES string of the molecule is CCc1c(C)nc(-c2cccc(C(F)F)c2)nc1NN. The molecule has 2 aromatic rings. The number of nitrogens with two attached hydrogens (primary N) is 1. The summed E-state index contributed by atoms with van der Waals surface area (Å²) in [5.41, 5.74) is 4.73. The van der Waals surface area contributed by atoms with Gasteiger partial charge in [0.15, 0.2) is 5.82 Å². The number of anilines is 1. The Bertz CT molecular complexity index is 614. The van der Waals surface area contributed by atoms with E-state index in [0.29, 0.717) is 17.2 Å². The lowest BCUT2D eigenvalue weighted by Crippen LogP contribution is -2.13. The molecule has 2 rings (SSSR count). The van der Waals surface area contributed by atoms with Crippen LogP contribution in [-0.2, 0) is 6.42 Å². The first kappa shape index (κ1) is 14.3. The molecule has 0 unspecified atom stereocenters. The van der Waals surface area contributed by atoms with E-state index in [1.54, 1.807) is 12.1 Å². The van der Waals surface area contributed by atoms with Gasteiger partial charge < -0.3 is 5.43 Å². The quantitative estimate of drug-likeness (QED) is 0.665. The lowest BCUT2D eigenvalue weighted by Gasteiger charge is -2.12. The number of nitrogens with one attached hydrogen (secondary N) is 1. The average Bonchev–Trinajstić information content (AvgIpc) is 2.46. The van der Waals surface area contributed by atoms with Gasteiger partial charge in [0.1, 0.15) is 5.82 Å². The largest absolute Gasteiger partial charge is 0.308 e. The molecule has 0 saturated carbocycles. The summed E-state index contributed by atoms with van der Waals surface area (Å²) in [6, 6.07) is 6.04. The van der Waals surface area contributed by atoms with Crippen LogP contribution in [0.15, 0.2) is 24.3 Å². The topological polar surface area (TPSA) is 63.8 Å². The Labute approximate surface area is 116 Å². The molecule has 0 spiro atoms. The predicted molar refractivity (Wildman–Crippen MR) is 74.4 cm³/mol. The van der Waals surface area contributed by atoms with Gasteiger partial charge in [-0.1, -0.05) is 25.1 Å². The highest BCUT2D eigenvalue weighted by molar-refractivity contribution is 5.60. The Kier molecular flexibility index (Phi) is 4.24. The first-order chi connectivity index (χ1) is 9.56. The van der Waals surface area contributed by atoms with Gasteiger partial charge in [-0.2, -0.15) is 0 Å². The summed E-state index contributed by atoms with van der Waals surface area (Å²) < 4.78 is 25.5. The van der Waals surface area contributed by atoms with E-state index in [-0.39, 0.29) is 5.56 Å². The second-order valence-corrected chi connectivity index (χ2v) is 4.38. The number of benzene rings is 1. The van der Waals surface area contributed by atoms with Gasteiger partial charge in [0.25, 0.3) is 6.43 Å².